The third-order valence-corrected chi connectivity index (χ3v) is 3.42. The number of aromatic nitrogens is 1. The number of rotatable bonds is 5. The molecule has 1 fully saturated rings. The lowest BCUT2D eigenvalue weighted by atomic mass is 10.2. The van der Waals surface area contributed by atoms with E-state index in [1.54, 1.807) is 6.20 Å². The third kappa shape index (κ3) is 4.61. The standard InChI is InChI=1S/C14H22N4O/c1-17-7-9-18(10-8-17)14(19)4-6-16-12-13-3-2-5-15-11-13/h2-3,5,11,16H,4,6-10,12H2,1H3. The molecule has 0 aliphatic carbocycles. The van der Waals surface area contributed by atoms with Crippen molar-refractivity contribution in [1.29, 1.82) is 0 Å². The topological polar surface area (TPSA) is 48.5 Å². The van der Waals surface area contributed by atoms with Crippen LogP contribution < -0.4 is 5.32 Å². The van der Waals surface area contributed by atoms with Gasteiger partial charge in [0.2, 0.25) is 5.91 Å². The van der Waals surface area contributed by atoms with Crippen LogP contribution >= 0.6 is 0 Å². The third-order valence-electron chi connectivity index (χ3n) is 3.42. The van der Waals surface area contributed by atoms with E-state index in [1.807, 2.05) is 23.2 Å². The van der Waals surface area contributed by atoms with E-state index >= 15 is 0 Å². The summed E-state index contributed by atoms with van der Waals surface area (Å²) in [4.78, 5) is 20.2. The van der Waals surface area contributed by atoms with Gasteiger partial charge in [-0.05, 0) is 18.7 Å². The normalized spacial score (nSPS) is 16.6. The van der Waals surface area contributed by atoms with Crippen LogP contribution in [0.25, 0.3) is 0 Å². The molecule has 19 heavy (non-hydrogen) atoms. The van der Waals surface area contributed by atoms with Gasteiger partial charge in [-0.2, -0.15) is 0 Å². The summed E-state index contributed by atoms with van der Waals surface area (Å²) in [7, 11) is 2.09. The first-order valence-corrected chi connectivity index (χ1v) is 6.81. The Hall–Kier alpha value is -1.46. The van der Waals surface area contributed by atoms with Crippen LogP contribution in [0.4, 0.5) is 0 Å². The second-order valence-electron chi connectivity index (χ2n) is 4.97. The molecule has 0 radical (unpaired) electrons. The molecule has 5 heteroatoms. The molecule has 0 spiro atoms. The highest BCUT2D eigenvalue weighted by Gasteiger charge is 2.18. The van der Waals surface area contributed by atoms with Gasteiger partial charge >= 0.3 is 0 Å². The lowest BCUT2D eigenvalue weighted by Crippen LogP contribution is -2.47. The summed E-state index contributed by atoms with van der Waals surface area (Å²) in [6.07, 6.45) is 4.18. The van der Waals surface area contributed by atoms with Crippen LogP contribution in [-0.4, -0.2) is 60.5 Å². The number of hydrogen-bond acceptors (Lipinski definition) is 4. The zero-order valence-corrected chi connectivity index (χ0v) is 11.5. The Morgan fingerprint density at radius 1 is 1.37 bits per heavy atom. The molecule has 1 aromatic heterocycles. The maximum Gasteiger partial charge on any atom is 0.223 e. The summed E-state index contributed by atoms with van der Waals surface area (Å²) in [5, 5.41) is 3.28. The van der Waals surface area contributed by atoms with E-state index in [0.717, 1.165) is 44.8 Å². The van der Waals surface area contributed by atoms with Crippen LogP contribution in [0.15, 0.2) is 24.5 Å². The highest BCUT2D eigenvalue weighted by molar-refractivity contribution is 5.76. The molecular formula is C14H22N4O. The fourth-order valence-electron chi connectivity index (χ4n) is 2.14. The van der Waals surface area contributed by atoms with Crippen molar-refractivity contribution >= 4 is 5.91 Å². The Labute approximate surface area is 114 Å². The summed E-state index contributed by atoms with van der Waals surface area (Å²) in [5.41, 5.74) is 1.15. The monoisotopic (exact) mass is 262 g/mol. The average molecular weight is 262 g/mol. The number of amides is 1. The van der Waals surface area contributed by atoms with E-state index in [0.29, 0.717) is 6.42 Å². The largest absolute Gasteiger partial charge is 0.340 e. The number of hydrogen-bond donors (Lipinski definition) is 1. The molecule has 0 aromatic carbocycles. The van der Waals surface area contributed by atoms with Crippen molar-refractivity contribution in [3.63, 3.8) is 0 Å². The fraction of sp³-hybridized carbons (Fsp3) is 0.571. The molecule has 1 amide bonds. The minimum atomic E-state index is 0.256. The van der Waals surface area contributed by atoms with E-state index in [1.165, 1.54) is 0 Å². The van der Waals surface area contributed by atoms with Gasteiger partial charge < -0.3 is 15.1 Å². The van der Waals surface area contributed by atoms with E-state index < -0.39 is 0 Å². The van der Waals surface area contributed by atoms with Gasteiger partial charge in [-0.1, -0.05) is 6.07 Å². The summed E-state index contributed by atoms with van der Waals surface area (Å²) in [5.74, 6) is 0.256. The number of pyridine rings is 1. The van der Waals surface area contributed by atoms with Crippen LogP contribution in [-0.2, 0) is 11.3 Å². The van der Waals surface area contributed by atoms with Gasteiger partial charge in [-0.3, -0.25) is 9.78 Å². The lowest BCUT2D eigenvalue weighted by molar-refractivity contribution is -0.132. The predicted molar refractivity (Wildman–Crippen MR) is 74.6 cm³/mol. The minimum absolute atomic E-state index is 0.256. The molecule has 1 N–H and O–H groups in total. The maximum absolute atomic E-state index is 12.0. The van der Waals surface area contributed by atoms with Crippen molar-refractivity contribution in [2.75, 3.05) is 39.8 Å². The second-order valence-corrected chi connectivity index (χ2v) is 4.97. The van der Waals surface area contributed by atoms with Gasteiger partial charge in [0.05, 0.1) is 0 Å². The Kier molecular flexibility index (Phi) is 5.30. The summed E-state index contributed by atoms with van der Waals surface area (Å²) in [6, 6.07) is 3.95. The van der Waals surface area contributed by atoms with E-state index in [2.05, 4.69) is 22.2 Å². The Balaban J connectivity index is 1.61. The van der Waals surface area contributed by atoms with Crippen molar-refractivity contribution in [3.8, 4) is 0 Å². The molecule has 5 nitrogen and oxygen atoms in total. The number of carbonyl (C=O) groups excluding carboxylic acids is 1. The van der Waals surface area contributed by atoms with Crippen LogP contribution in [0.1, 0.15) is 12.0 Å². The van der Waals surface area contributed by atoms with Gasteiger partial charge in [0, 0.05) is 58.1 Å². The molecule has 1 aliphatic heterocycles. The number of nitrogens with one attached hydrogen (secondary N) is 1. The van der Waals surface area contributed by atoms with Gasteiger partial charge in [0.1, 0.15) is 0 Å². The molecule has 0 atom stereocenters. The Morgan fingerprint density at radius 2 is 2.16 bits per heavy atom. The summed E-state index contributed by atoms with van der Waals surface area (Å²) < 4.78 is 0. The van der Waals surface area contributed by atoms with Gasteiger partial charge in [0.25, 0.3) is 0 Å². The molecule has 2 heterocycles. The summed E-state index contributed by atoms with van der Waals surface area (Å²) in [6.45, 7) is 5.17. The van der Waals surface area contributed by atoms with Crippen LogP contribution in [0.3, 0.4) is 0 Å². The molecular weight excluding hydrogens is 240 g/mol. The smallest absolute Gasteiger partial charge is 0.223 e. The fourth-order valence-corrected chi connectivity index (χ4v) is 2.14. The van der Waals surface area contributed by atoms with Gasteiger partial charge in [0.15, 0.2) is 0 Å². The lowest BCUT2D eigenvalue weighted by Gasteiger charge is -2.32. The highest BCUT2D eigenvalue weighted by atomic mass is 16.2. The quantitative estimate of drug-likeness (QED) is 0.777. The minimum Gasteiger partial charge on any atom is -0.340 e. The molecule has 1 aliphatic rings. The van der Waals surface area contributed by atoms with Crippen LogP contribution in [0.5, 0.6) is 0 Å². The molecule has 1 aromatic rings. The first-order valence-electron chi connectivity index (χ1n) is 6.81. The van der Waals surface area contributed by atoms with E-state index in [-0.39, 0.29) is 5.91 Å². The van der Waals surface area contributed by atoms with Crippen LogP contribution in [0, 0.1) is 0 Å². The maximum atomic E-state index is 12.0. The zero-order chi connectivity index (χ0) is 13.5. The zero-order valence-electron chi connectivity index (χ0n) is 11.5. The molecule has 0 bridgehead atoms. The molecule has 0 unspecified atom stereocenters. The molecule has 2 rings (SSSR count). The van der Waals surface area contributed by atoms with E-state index in [4.69, 9.17) is 0 Å². The van der Waals surface area contributed by atoms with Crippen molar-refractivity contribution in [1.82, 2.24) is 20.1 Å². The number of carbonyl (C=O) groups is 1. The molecule has 0 saturated carbocycles. The van der Waals surface area contributed by atoms with Crippen LogP contribution in [0.2, 0.25) is 0 Å². The number of piperazine rings is 1. The van der Waals surface area contributed by atoms with Crippen molar-refractivity contribution in [2.45, 2.75) is 13.0 Å². The number of likely N-dealkylation sites (N-methyl/N-ethyl adjacent to an activating group) is 1. The SMILES string of the molecule is CN1CCN(C(=O)CCNCc2cccnc2)CC1. The summed E-state index contributed by atoms with van der Waals surface area (Å²) >= 11 is 0. The van der Waals surface area contributed by atoms with Crippen molar-refractivity contribution in [3.05, 3.63) is 30.1 Å². The predicted octanol–water partition coefficient (Wildman–Crippen LogP) is 0.335. The second kappa shape index (κ2) is 7.21. The highest BCUT2D eigenvalue weighted by Crippen LogP contribution is 2.01. The molecule has 1 saturated heterocycles. The number of nitrogens with zero attached hydrogens (tertiary/aromatic N) is 3. The molecule has 104 valence electrons. The van der Waals surface area contributed by atoms with Crippen molar-refractivity contribution < 1.29 is 4.79 Å². The average Bonchev–Trinajstić information content (AvgIpc) is 2.45. The first-order chi connectivity index (χ1) is 9.25. The Bertz CT molecular complexity index is 388. The first kappa shape index (κ1) is 14.0. The van der Waals surface area contributed by atoms with Gasteiger partial charge in [-0.25, -0.2) is 0 Å². The van der Waals surface area contributed by atoms with E-state index in [9.17, 15) is 4.79 Å². The Morgan fingerprint density at radius 3 is 2.84 bits per heavy atom. The van der Waals surface area contributed by atoms with Crippen molar-refractivity contribution in [2.24, 2.45) is 0 Å². The van der Waals surface area contributed by atoms with Gasteiger partial charge in [-0.15, -0.1) is 0 Å².